The van der Waals surface area contributed by atoms with E-state index in [1.54, 1.807) is 18.2 Å². The lowest BCUT2D eigenvalue weighted by atomic mass is 10.0. The third kappa shape index (κ3) is 4.88. The van der Waals surface area contributed by atoms with Gasteiger partial charge in [0.1, 0.15) is 0 Å². The number of carbonyl (C=O) groups excluding carboxylic acids is 2. The molecule has 0 atom stereocenters. The van der Waals surface area contributed by atoms with Crippen LogP contribution in [0.4, 0.5) is 5.69 Å². The SMILES string of the molecule is Cc1c(Cl)cccc1NC(=O)CCNC(=O)C1CNC1.Cl. The van der Waals surface area contributed by atoms with Gasteiger partial charge >= 0.3 is 0 Å². The van der Waals surface area contributed by atoms with Gasteiger partial charge in [0.05, 0.1) is 5.92 Å². The molecule has 21 heavy (non-hydrogen) atoms. The normalized spacial score (nSPS) is 13.8. The van der Waals surface area contributed by atoms with Crippen molar-refractivity contribution in [3.8, 4) is 0 Å². The van der Waals surface area contributed by atoms with E-state index in [9.17, 15) is 9.59 Å². The first-order valence-corrected chi connectivity index (χ1v) is 6.99. The van der Waals surface area contributed by atoms with Crippen LogP contribution in [0.15, 0.2) is 18.2 Å². The van der Waals surface area contributed by atoms with Crippen LogP contribution >= 0.6 is 24.0 Å². The van der Waals surface area contributed by atoms with E-state index in [0.29, 0.717) is 17.3 Å². The maximum Gasteiger partial charge on any atom is 0.226 e. The number of hydrogen-bond acceptors (Lipinski definition) is 3. The van der Waals surface area contributed by atoms with E-state index in [-0.39, 0.29) is 36.6 Å². The van der Waals surface area contributed by atoms with E-state index < -0.39 is 0 Å². The minimum atomic E-state index is -0.137. The van der Waals surface area contributed by atoms with Crippen LogP contribution in [-0.2, 0) is 9.59 Å². The van der Waals surface area contributed by atoms with Crippen LogP contribution in [0.5, 0.6) is 0 Å². The number of halogens is 2. The molecule has 1 aromatic carbocycles. The molecule has 1 aromatic rings. The van der Waals surface area contributed by atoms with Gasteiger partial charge in [-0.2, -0.15) is 0 Å². The van der Waals surface area contributed by atoms with Crippen LogP contribution in [0.1, 0.15) is 12.0 Å². The van der Waals surface area contributed by atoms with Crippen LogP contribution in [-0.4, -0.2) is 31.4 Å². The zero-order valence-electron chi connectivity index (χ0n) is 11.7. The highest BCUT2D eigenvalue weighted by Gasteiger charge is 2.24. The number of hydrogen-bond donors (Lipinski definition) is 3. The number of rotatable bonds is 5. The Bertz CT molecular complexity index is 519. The molecule has 3 N–H and O–H groups in total. The van der Waals surface area contributed by atoms with Crippen LogP contribution in [0.2, 0.25) is 5.02 Å². The van der Waals surface area contributed by atoms with Crippen molar-refractivity contribution < 1.29 is 9.59 Å². The third-order valence-corrected chi connectivity index (χ3v) is 3.75. The van der Waals surface area contributed by atoms with Crippen LogP contribution in [0.3, 0.4) is 0 Å². The maximum absolute atomic E-state index is 11.8. The molecule has 0 saturated carbocycles. The summed E-state index contributed by atoms with van der Waals surface area (Å²) in [7, 11) is 0. The molecule has 0 aliphatic carbocycles. The highest BCUT2D eigenvalue weighted by Crippen LogP contribution is 2.22. The molecule has 2 amide bonds. The molecule has 0 unspecified atom stereocenters. The van der Waals surface area contributed by atoms with Crippen molar-refractivity contribution in [1.29, 1.82) is 0 Å². The van der Waals surface area contributed by atoms with Crippen molar-refractivity contribution in [2.24, 2.45) is 5.92 Å². The van der Waals surface area contributed by atoms with Gasteiger partial charge in [-0.15, -0.1) is 12.4 Å². The lowest BCUT2D eigenvalue weighted by molar-refractivity contribution is -0.126. The van der Waals surface area contributed by atoms with Gasteiger partial charge in [0.15, 0.2) is 0 Å². The zero-order valence-corrected chi connectivity index (χ0v) is 13.3. The van der Waals surface area contributed by atoms with Crippen molar-refractivity contribution in [2.45, 2.75) is 13.3 Å². The molecule has 1 heterocycles. The van der Waals surface area contributed by atoms with Gasteiger partial charge in [-0.25, -0.2) is 0 Å². The number of carbonyl (C=O) groups is 2. The average Bonchev–Trinajstić information content (AvgIpc) is 2.33. The summed E-state index contributed by atoms with van der Waals surface area (Å²) in [6.45, 7) is 3.64. The maximum atomic E-state index is 11.8. The molecule has 1 aliphatic rings. The minimum Gasteiger partial charge on any atom is -0.355 e. The van der Waals surface area contributed by atoms with E-state index in [0.717, 1.165) is 18.7 Å². The molecule has 0 radical (unpaired) electrons. The van der Waals surface area contributed by atoms with Crippen molar-refractivity contribution in [3.63, 3.8) is 0 Å². The lowest BCUT2D eigenvalue weighted by Crippen LogP contribution is -2.51. The molecule has 0 aromatic heterocycles. The van der Waals surface area contributed by atoms with Gasteiger partial charge in [-0.3, -0.25) is 9.59 Å². The van der Waals surface area contributed by atoms with E-state index in [4.69, 9.17) is 11.6 Å². The Labute approximate surface area is 135 Å². The molecule has 1 aliphatic heterocycles. The minimum absolute atomic E-state index is 0. The van der Waals surface area contributed by atoms with Crippen LogP contribution in [0.25, 0.3) is 0 Å². The number of amides is 2. The van der Waals surface area contributed by atoms with Crippen molar-refractivity contribution >= 4 is 41.5 Å². The Hall–Kier alpha value is -1.30. The first-order chi connectivity index (χ1) is 9.58. The summed E-state index contributed by atoms with van der Waals surface area (Å²) >= 11 is 5.99. The Morgan fingerprint density at radius 1 is 1.38 bits per heavy atom. The molecule has 0 bridgehead atoms. The van der Waals surface area contributed by atoms with E-state index in [1.165, 1.54) is 0 Å². The van der Waals surface area contributed by atoms with Gasteiger partial charge < -0.3 is 16.0 Å². The first kappa shape index (κ1) is 17.8. The number of benzene rings is 1. The molecule has 116 valence electrons. The van der Waals surface area contributed by atoms with Gasteiger partial charge in [-0.05, 0) is 24.6 Å². The Kier molecular flexibility index (Phi) is 6.95. The van der Waals surface area contributed by atoms with Gasteiger partial charge in [0.2, 0.25) is 11.8 Å². The molecule has 1 fully saturated rings. The summed E-state index contributed by atoms with van der Waals surface area (Å²) in [6.07, 6.45) is 0.248. The molecular formula is C14H19Cl2N3O2. The van der Waals surface area contributed by atoms with E-state index in [1.807, 2.05) is 6.92 Å². The number of nitrogens with one attached hydrogen (secondary N) is 3. The molecule has 1 saturated heterocycles. The fourth-order valence-corrected chi connectivity index (χ4v) is 2.05. The van der Waals surface area contributed by atoms with Crippen LogP contribution in [0, 0.1) is 12.8 Å². The summed E-state index contributed by atoms with van der Waals surface area (Å²) in [5, 5.41) is 9.21. The second-order valence-corrected chi connectivity index (χ2v) is 5.26. The van der Waals surface area contributed by atoms with Gasteiger partial charge in [-0.1, -0.05) is 17.7 Å². The second kappa shape index (κ2) is 8.22. The summed E-state index contributed by atoms with van der Waals surface area (Å²) in [5.74, 6) is -0.0777. The Morgan fingerprint density at radius 2 is 2.10 bits per heavy atom. The summed E-state index contributed by atoms with van der Waals surface area (Å²) in [4.78, 5) is 23.4. The average molecular weight is 332 g/mol. The highest BCUT2D eigenvalue weighted by molar-refractivity contribution is 6.31. The standard InChI is InChI=1S/C14H18ClN3O2.ClH/c1-9-11(15)3-2-4-12(9)18-13(19)5-6-17-14(20)10-7-16-8-10;/h2-4,10,16H,5-8H2,1H3,(H,17,20)(H,18,19);1H. The molecule has 7 heteroatoms. The monoisotopic (exact) mass is 331 g/mol. The predicted octanol–water partition coefficient (Wildman–Crippen LogP) is 1.73. The van der Waals surface area contributed by atoms with Gasteiger partial charge in [0, 0.05) is 36.8 Å². The fraction of sp³-hybridized carbons (Fsp3) is 0.429. The van der Waals surface area contributed by atoms with Crippen molar-refractivity contribution in [2.75, 3.05) is 25.0 Å². The van der Waals surface area contributed by atoms with E-state index >= 15 is 0 Å². The summed E-state index contributed by atoms with van der Waals surface area (Å²) in [6, 6.07) is 5.37. The molecular weight excluding hydrogens is 313 g/mol. The first-order valence-electron chi connectivity index (χ1n) is 6.61. The quantitative estimate of drug-likeness (QED) is 0.769. The zero-order chi connectivity index (χ0) is 14.5. The highest BCUT2D eigenvalue weighted by atomic mass is 35.5. The summed E-state index contributed by atoms with van der Waals surface area (Å²) in [5.41, 5.74) is 1.55. The Balaban J connectivity index is 0.00000220. The fourth-order valence-electron chi connectivity index (χ4n) is 1.87. The topological polar surface area (TPSA) is 70.2 Å². The largest absolute Gasteiger partial charge is 0.355 e. The van der Waals surface area contributed by atoms with E-state index in [2.05, 4.69) is 16.0 Å². The molecule has 0 spiro atoms. The van der Waals surface area contributed by atoms with Crippen LogP contribution < -0.4 is 16.0 Å². The van der Waals surface area contributed by atoms with Crippen molar-refractivity contribution in [3.05, 3.63) is 28.8 Å². The summed E-state index contributed by atoms with van der Waals surface area (Å²) < 4.78 is 0. The number of anilines is 1. The third-order valence-electron chi connectivity index (χ3n) is 3.35. The Morgan fingerprint density at radius 3 is 2.71 bits per heavy atom. The van der Waals surface area contributed by atoms with Crippen molar-refractivity contribution in [1.82, 2.24) is 10.6 Å². The second-order valence-electron chi connectivity index (χ2n) is 4.86. The predicted molar refractivity (Wildman–Crippen MR) is 86.1 cm³/mol. The van der Waals surface area contributed by atoms with Gasteiger partial charge in [0.25, 0.3) is 0 Å². The molecule has 5 nitrogen and oxygen atoms in total. The smallest absolute Gasteiger partial charge is 0.226 e. The lowest BCUT2D eigenvalue weighted by Gasteiger charge is -2.25. The molecule has 2 rings (SSSR count).